The van der Waals surface area contributed by atoms with E-state index in [1.807, 2.05) is 0 Å². The summed E-state index contributed by atoms with van der Waals surface area (Å²) < 4.78 is 36.7. The van der Waals surface area contributed by atoms with E-state index in [1.54, 1.807) is 31.4 Å². The van der Waals surface area contributed by atoms with Gasteiger partial charge >= 0.3 is 0 Å². The fourth-order valence-corrected chi connectivity index (χ4v) is 3.12. The quantitative estimate of drug-likeness (QED) is 0.902. The van der Waals surface area contributed by atoms with Crippen LogP contribution in [0.15, 0.2) is 29.2 Å². The van der Waals surface area contributed by atoms with E-state index in [-0.39, 0.29) is 11.0 Å². The molecule has 1 aliphatic carbocycles. The molecule has 1 aromatic carbocycles. The average Bonchev–Trinajstić information content (AvgIpc) is 2.48. The van der Waals surface area contributed by atoms with E-state index >= 15 is 0 Å². The monoisotopic (exact) mass is 299 g/mol. The Bertz CT molecular complexity index is 519. The fraction of sp³-hybridized carbons (Fsp3) is 0.571. The first-order chi connectivity index (χ1) is 9.55. The van der Waals surface area contributed by atoms with Crippen LogP contribution in [0, 0.1) is 0 Å². The molecule has 0 spiro atoms. The first-order valence-corrected chi connectivity index (χ1v) is 8.26. The lowest BCUT2D eigenvalue weighted by Crippen LogP contribution is -2.27. The van der Waals surface area contributed by atoms with Crippen molar-refractivity contribution in [2.24, 2.45) is 0 Å². The molecule has 0 heterocycles. The van der Waals surface area contributed by atoms with E-state index in [1.165, 1.54) is 7.05 Å². The van der Waals surface area contributed by atoms with Crippen molar-refractivity contribution in [1.82, 2.24) is 4.72 Å². The zero-order chi connectivity index (χ0) is 14.6. The van der Waals surface area contributed by atoms with Crippen molar-refractivity contribution in [3.05, 3.63) is 24.3 Å². The molecular formula is C14H21NO4S. The van der Waals surface area contributed by atoms with Crippen LogP contribution in [0.1, 0.15) is 25.7 Å². The molecule has 1 saturated carbocycles. The number of sulfonamides is 1. The molecule has 0 atom stereocenters. The molecule has 1 aliphatic rings. The number of hydrogen-bond acceptors (Lipinski definition) is 4. The fourth-order valence-electron chi connectivity index (χ4n) is 2.39. The molecule has 0 unspecified atom stereocenters. The second-order valence-electron chi connectivity index (χ2n) is 4.93. The van der Waals surface area contributed by atoms with Crippen LogP contribution in [0.4, 0.5) is 0 Å². The molecule has 1 N–H and O–H groups in total. The van der Waals surface area contributed by atoms with Crippen LogP contribution in [0.2, 0.25) is 0 Å². The van der Waals surface area contributed by atoms with E-state index in [0.29, 0.717) is 11.9 Å². The first kappa shape index (κ1) is 15.3. The Hall–Kier alpha value is -1.11. The molecule has 6 heteroatoms. The van der Waals surface area contributed by atoms with E-state index in [9.17, 15) is 8.42 Å². The van der Waals surface area contributed by atoms with Crippen LogP contribution in [0.25, 0.3) is 0 Å². The third kappa shape index (κ3) is 3.71. The average molecular weight is 299 g/mol. The van der Waals surface area contributed by atoms with Gasteiger partial charge in [0.15, 0.2) is 0 Å². The Morgan fingerprint density at radius 3 is 2.10 bits per heavy atom. The van der Waals surface area contributed by atoms with Gasteiger partial charge in [-0.1, -0.05) is 0 Å². The summed E-state index contributed by atoms with van der Waals surface area (Å²) in [5, 5.41) is 0. The highest BCUT2D eigenvalue weighted by molar-refractivity contribution is 7.89. The Balaban J connectivity index is 1.95. The smallest absolute Gasteiger partial charge is 0.240 e. The molecule has 20 heavy (non-hydrogen) atoms. The molecule has 0 radical (unpaired) electrons. The summed E-state index contributed by atoms with van der Waals surface area (Å²) >= 11 is 0. The molecule has 1 aromatic rings. The van der Waals surface area contributed by atoms with Crippen molar-refractivity contribution >= 4 is 10.0 Å². The van der Waals surface area contributed by atoms with Gasteiger partial charge in [-0.2, -0.15) is 0 Å². The van der Waals surface area contributed by atoms with Gasteiger partial charge in [0.05, 0.1) is 17.1 Å². The van der Waals surface area contributed by atoms with Gasteiger partial charge in [0, 0.05) is 7.11 Å². The summed E-state index contributed by atoms with van der Waals surface area (Å²) in [4.78, 5) is 0.246. The number of methoxy groups -OCH3 is 1. The van der Waals surface area contributed by atoms with E-state index in [0.717, 1.165) is 25.7 Å². The summed E-state index contributed by atoms with van der Waals surface area (Å²) in [6.07, 6.45) is 4.48. The second-order valence-corrected chi connectivity index (χ2v) is 6.82. The van der Waals surface area contributed by atoms with Crippen molar-refractivity contribution in [3.63, 3.8) is 0 Å². The maximum absolute atomic E-state index is 11.6. The Morgan fingerprint density at radius 1 is 1.05 bits per heavy atom. The topological polar surface area (TPSA) is 64.6 Å². The molecular weight excluding hydrogens is 278 g/mol. The summed E-state index contributed by atoms with van der Waals surface area (Å²) in [5.74, 6) is 0.709. The molecule has 0 bridgehead atoms. The number of hydrogen-bond donors (Lipinski definition) is 1. The largest absolute Gasteiger partial charge is 0.490 e. The van der Waals surface area contributed by atoms with Crippen molar-refractivity contribution < 1.29 is 17.9 Å². The minimum atomic E-state index is -3.38. The van der Waals surface area contributed by atoms with Gasteiger partial charge in [0.2, 0.25) is 10.0 Å². The lowest BCUT2D eigenvalue weighted by atomic mass is 9.95. The maximum atomic E-state index is 11.6. The minimum absolute atomic E-state index is 0.188. The Morgan fingerprint density at radius 2 is 1.60 bits per heavy atom. The number of nitrogens with one attached hydrogen (secondary N) is 1. The molecule has 112 valence electrons. The van der Waals surface area contributed by atoms with Crippen molar-refractivity contribution in [1.29, 1.82) is 0 Å². The molecule has 0 aromatic heterocycles. The van der Waals surface area contributed by atoms with Crippen LogP contribution in [0.5, 0.6) is 5.75 Å². The highest BCUT2D eigenvalue weighted by atomic mass is 32.2. The van der Waals surface area contributed by atoms with Gasteiger partial charge in [-0.15, -0.1) is 0 Å². The van der Waals surface area contributed by atoms with E-state index in [2.05, 4.69) is 4.72 Å². The van der Waals surface area contributed by atoms with Crippen molar-refractivity contribution in [3.8, 4) is 5.75 Å². The number of benzene rings is 1. The highest BCUT2D eigenvalue weighted by Gasteiger charge is 2.22. The Labute approximate surface area is 120 Å². The number of ether oxygens (including phenoxy) is 2. The zero-order valence-electron chi connectivity index (χ0n) is 11.8. The summed E-state index contributed by atoms with van der Waals surface area (Å²) in [6, 6.07) is 6.52. The van der Waals surface area contributed by atoms with Crippen molar-refractivity contribution in [2.75, 3.05) is 14.2 Å². The zero-order valence-corrected chi connectivity index (χ0v) is 12.7. The third-order valence-corrected chi connectivity index (χ3v) is 5.09. The normalized spacial score (nSPS) is 23.5. The van der Waals surface area contributed by atoms with Gasteiger partial charge < -0.3 is 9.47 Å². The van der Waals surface area contributed by atoms with Gasteiger partial charge in [-0.05, 0) is 57.0 Å². The Kier molecular flexibility index (Phi) is 5.01. The van der Waals surface area contributed by atoms with Gasteiger partial charge in [-0.25, -0.2) is 13.1 Å². The van der Waals surface area contributed by atoms with Crippen LogP contribution < -0.4 is 9.46 Å². The molecule has 0 aliphatic heterocycles. The molecule has 2 rings (SSSR count). The van der Waals surface area contributed by atoms with Gasteiger partial charge in [-0.3, -0.25) is 0 Å². The SMILES string of the molecule is CNS(=O)(=O)c1ccc(OC2CCC(OC)CC2)cc1. The number of rotatable bonds is 5. The molecule has 0 saturated heterocycles. The summed E-state index contributed by atoms with van der Waals surface area (Å²) in [7, 11) is -0.241. The molecule has 1 fully saturated rings. The minimum Gasteiger partial charge on any atom is -0.490 e. The van der Waals surface area contributed by atoms with Crippen molar-refractivity contribution in [2.45, 2.75) is 42.8 Å². The lowest BCUT2D eigenvalue weighted by Gasteiger charge is -2.28. The van der Waals surface area contributed by atoms with Crippen LogP contribution in [-0.4, -0.2) is 34.8 Å². The highest BCUT2D eigenvalue weighted by Crippen LogP contribution is 2.25. The van der Waals surface area contributed by atoms with Crippen LogP contribution in [0.3, 0.4) is 0 Å². The van der Waals surface area contributed by atoms with E-state index in [4.69, 9.17) is 9.47 Å². The summed E-state index contributed by atoms with van der Waals surface area (Å²) in [5.41, 5.74) is 0. The standard InChI is InChI=1S/C14H21NO4S/c1-15-20(16,17)14-9-7-13(8-10-14)19-12-5-3-11(18-2)4-6-12/h7-12,15H,3-6H2,1-2H3. The van der Waals surface area contributed by atoms with Gasteiger partial charge in [0.1, 0.15) is 5.75 Å². The van der Waals surface area contributed by atoms with E-state index < -0.39 is 10.0 Å². The maximum Gasteiger partial charge on any atom is 0.240 e. The third-order valence-electron chi connectivity index (χ3n) is 3.66. The predicted molar refractivity (Wildman–Crippen MR) is 76.4 cm³/mol. The van der Waals surface area contributed by atoms with Gasteiger partial charge in [0.25, 0.3) is 0 Å². The summed E-state index contributed by atoms with van der Waals surface area (Å²) in [6.45, 7) is 0. The lowest BCUT2D eigenvalue weighted by molar-refractivity contribution is 0.0327. The predicted octanol–water partition coefficient (Wildman–Crippen LogP) is 1.93. The second kappa shape index (κ2) is 6.56. The van der Waals surface area contributed by atoms with Crippen LogP contribution in [-0.2, 0) is 14.8 Å². The van der Waals surface area contributed by atoms with Crippen LogP contribution >= 0.6 is 0 Å². The molecule has 0 amide bonds. The molecule has 5 nitrogen and oxygen atoms in total. The first-order valence-electron chi connectivity index (χ1n) is 6.78.